The summed E-state index contributed by atoms with van der Waals surface area (Å²) in [6.45, 7) is 2.07. The van der Waals surface area contributed by atoms with Crippen LogP contribution in [0.25, 0.3) is 22.3 Å². The first-order valence-corrected chi connectivity index (χ1v) is 8.08. The van der Waals surface area contributed by atoms with Crippen molar-refractivity contribution in [2.24, 2.45) is 0 Å². The van der Waals surface area contributed by atoms with Gasteiger partial charge in [-0.2, -0.15) is 10.1 Å². The molecule has 1 aliphatic rings. The van der Waals surface area contributed by atoms with Crippen LogP contribution in [0.3, 0.4) is 0 Å². The molecule has 112 valence electrons. The number of nitrogens with zero attached hydrogens (tertiary/aromatic N) is 4. The largest absolute Gasteiger partial charge is 0.244 e. The van der Waals surface area contributed by atoms with E-state index in [1.54, 1.807) is 0 Å². The van der Waals surface area contributed by atoms with E-state index in [4.69, 9.17) is 11.6 Å². The van der Waals surface area contributed by atoms with Crippen molar-refractivity contribution >= 4 is 22.6 Å². The predicted molar refractivity (Wildman–Crippen MR) is 88.0 cm³/mol. The second kappa shape index (κ2) is 5.36. The molecule has 1 saturated carbocycles. The minimum Gasteiger partial charge on any atom is -0.244 e. The van der Waals surface area contributed by atoms with Crippen LogP contribution in [-0.2, 0) is 0 Å². The van der Waals surface area contributed by atoms with Gasteiger partial charge in [0.2, 0.25) is 5.28 Å². The van der Waals surface area contributed by atoms with Crippen molar-refractivity contribution in [1.29, 1.82) is 0 Å². The summed E-state index contributed by atoms with van der Waals surface area (Å²) in [5.74, 6) is 0. The molecule has 1 fully saturated rings. The smallest absolute Gasteiger partial charge is 0.225 e. The summed E-state index contributed by atoms with van der Waals surface area (Å²) in [7, 11) is 0. The molecule has 0 spiro atoms. The number of aryl methyl sites for hydroxylation is 1. The van der Waals surface area contributed by atoms with Gasteiger partial charge in [0.05, 0.1) is 23.3 Å². The molecule has 5 heteroatoms. The SMILES string of the molecule is Cc1ccc(-c2nc(Cl)nc3c2cnn3C2CCCC2)cc1. The zero-order chi connectivity index (χ0) is 15.1. The number of halogens is 1. The highest BCUT2D eigenvalue weighted by Crippen LogP contribution is 2.34. The summed E-state index contributed by atoms with van der Waals surface area (Å²) in [4.78, 5) is 8.88. The Morgan fingerprint density at radius 1 is 1.09 bits per heavy atom. The lowest BCUT2D eigenvalue weighted by molar-refractivity contribution is 0.478. The molecule has 0 radical (unpaired) electrons. The molecule has 4 rings (SSSR count). The van der Waals surface area contributed by atoms with E-state index in [0.717, 1.165) is 35.1 Å². The molecular formula is C17H17ClN4. The van der Waals surface area contributed by atoms with E-state index in [0.29, 0.717) is 6.04 Å². The molecule has 2 aromatic heterocycles. The molecular weight excluding hydrogens is 296 g/mol. The molecule has 0 unspecified atom stereocenters. The zero-order valence-corrected chi connectivity index (χ0v) is 13.2. The predicted octanol–water partition coefficient (Wildman–Crippen LogP) is 4.57. The lowest BCUT2D eigenvalue weighted by Gasteiger charge is -2.11. The molecule has 4 nitrogen and oxygen atoms in total. The number of hydrogen-bond donors (Lipinski definition) is 0. The first-order valence-electron chi connectivity index (χ1n) is 7.70. The molecule has 0 N–H and O–H groups in total. The fourth-order valence-electron chi connectivity index (χ4n) is 3.25. The molecule has 0 saturated heterocycles. The van der Waals surface area contributed by atoms with E-state index in [2.05, 4.69) is 46.3 Å². The topological polar surface area (TPSA) is 43.6 Å². The summed E-state index contributed by atoms with van der Waals surface area (Å²) in [5, 5.41) is 5.83. The van der Waals surface area contributed by atoms with Gasteiger partial charge in [0.1, 0.15) is 0 Å². The van der Waals surface area contributed by atoms with Crippen LogP contribution in [0.1, 0.15) is 37.3 Å². The molecule has 0 amide bonds. The molecule has 22 heavy (non-hydrogen) atoms. The average molecular weight is 313 g/mol. The van der Waals surface area contributed by atoms with Gasteiger partial charge in [-0.15, -0.1) is 0 Å². The third-order valence-corrected chi connectivity index (χ3v) is 4.59. The van der Waals surface area contributed by atoms with Crippen molar-refractivity contribution in [2.45, 2.75) is 38.6 Å². The monoisotopic (exact) mass is 312 g/mol. The van der Waals surface area contributed by atoms with Gasteiger partial charge in [-0.05, 0) is 31.4 Å². The normalized spacial score (nSPS) is 15.7. The van der Waals surface area contributed by atoms with Crippen molar-refractivity contribution in [1.82, 2.24) is 19.7 Å². The molecule has 0 atom stereocenters. The highest BCUT2D eigenvalue weighted by atomic mass is 35.5. The molecule has 0 bridgehead atoms. The maximum atomic E-state index is 6.18. The summed E-state index contributed by atoms with van der Waals surface area (Å²) >= 11 is 6.18. The minimum atomic E-state index is 0.280. The Labute approximate surface area is 134 Å². The van der Waals surface area contributed by atoms with Gasteiger partial charge in [0.25, 0.3) is 0 Å². The van der Waals surface area contributed by atoms with Gasteiger partial charge >= 0.3 is 0 Å². The second-order valence-electron chi connectivity index (χ2n) is 5.97. The Bertz CT molecular complexity index is 817. The van der Waals surface area contributed by atoms with E-state index < -0.39 is 0 Å². The Balaban J connectivity index is 1.90. The molecule has 1 aromatic carbocycles. The third-order valence-electron chi connectivity index (χ3n) is 4.42. The van der Waals surface area contributed by atoms with Crippen molar-refractivity contribution in [2.75, 3.05) is 0 Å². The van der Waals surface area contributed by atoms with Crippen LogP contribution < -0.4 is 0 Å². The number of rotatable bonds is 2. The van der Waals surface area contributed by atoms with E-state index >= 15 is 0 Å². The van der Waals surface area contributed by atoms with Crippen LogP contribution in [0.2, 0.25) is 5.28 Å². The van der Waals surface area contributed by atoms with Crippen molar-refractivity contribution in [3.8, 4) is 11.3 Å². The fraction of sp³-hybridized carbons (Fsp3) is 0.353. The van der Waals surface area contributed by atoms with Gasteiger partial charge in [-0.25, -0.2) is 9.67 Å². The van der Waals surface area contributed by atoms with Crippen LogP contribution in [0, 0.1) is 6.92 Å². The summed E-state index contributed by atoms with van der Waals surface area (Å²) in [6.07, 6.45) is 6.72. The van der Waals surface area contributed by atoms with Crippen molar-refractivity contribution < 1.29 is 0 Å². The lowest BCUT2D eigenvalue weighted by Crippen LogP contribution is -2.07. The van der Waals surface area contributed by atoms with Crippen LogP contribution in [0.5, 0.6) is 0 Å². The van der Waals surface area contributed by atoms with E-state index in [1.807, 2.05) is 10.9 Å². The average Bonchev–Trinajstić information content (AvgIpc) is 3.15. The standard InChI is InChI=1S/C17H17ClN4/c1-11-6-8-12(9-7-11)15-14-10-19-22(13-4-2-3-5-13)16(14)21-17(18)20-15/h6-10,13H,2-5H2,1H3. The number of benzene rings is 1. The van der Waals surface area contributed by atoms with Crippen LogP contribution >= 0.6 is 11.6 Å². The lowest BCUT2D eigenvalue weighted by atomic mass is 10.1. The van der Waals surface area contributed by atoms with Crippen LogP contribution in [-0.4, -0.2) is 19.7 Å². The summed E-state index contributed by atoms with van der Waals surface area (Å²) in [6, 6.07) is 8.74. The van der Waals surface area contributed by atoms with Gasteiger partial charge < -0.3 is 0 Å². The van der Waals surface area contributed by atoms with Crippen molar-refractivity contribution in [3.63, 3.8) is 0 Å². The fourth-order valence-corrected chi connectivity index (χ4v) is 3.41. The van der Waals surface area contributed by atoms with Gasteiger partial charge in [-0.3, -0.25) is 0 Å². The number of fused-ring (bicyclic) bond motifs is 1. The molecule has 0 aliphatic heterocycles. The maximum absolute atomic E-state index is 6.18. The van der Waals surface area contributed by atoms with Crippen molar-refractivity contribution in [3.05, 3.63) is 41.3 Å². The van der Waals surface area contributed by atoms with Gasteiger partial charge in [0, 0.05) is 5.56 Å². The highest BCUT2D eigenvalue weighted by Gasteiger charge is 2.22. The number of aromatic nitrogens is 4. The summed E-state index contributed by atoms with van der Waals surface area (Å²) < 4.78 is 2.04. The Hall–Kier alpha value is -1.94. The Morgan fingerprint density at radius 3 is 2.55 bits per heavy atom. The minimum absolute atomic E-state index is 0.280. The Morgan fingerprint density at radius 2 is 1.82 bits per heavy atom. The quantitative estimate of drug-likeness (QED) is 0.651. The molecule has 1 aliphatic carbocycles. The first kappa shape index (κ1) is 13.7. The third kappa shape index (κ3) is 2.28. The van der Waals surface area contributed by atoms with E-state index in [9.17, 15) is 0 Å². The van der Waals surface area contributed by atoms with E-state index in [1.165, 1.54) is 18.4 Å². The first-order chi connectivity index (χ1) is 10.7. The molecule has 3 aromatic rings. The van der Waals surface area contributed by atoms with Crippen LogP contribution in [0.15, 0.2) is 30.5 Å². The summed E-state index contributed by atoms with van der Waals surface area (Å²) in [5.41, 5.74) is 3.98. The van der Waals surface area contributed by atoms with Gasteiger partial charge in [-0.1, -0.05) is 42.7 Å². The Kier molecular flexibility index (Phi) is 3.34. The molecule has 2 heterocycles. The van der Waals surface area contributed by atoms with E-state index in [-0.39, 0.29) is 5.28 Å². The maximum Gasteiger partial charge on any atom is 0.225 e. The highest BCUT2D eigenvalue weighted by molar-refractivity contribution is 6.28. The van der Waals surface area contributed by atoms with Crippen LogP contribution in [0.4, 0.5) is 0 Å². The second-order valence-corrected chi connectivity index (χ2v) is 6.31. The zero-order valence-electron chi connectivity index (χ0n) is 12.5. The number of hydrogen-bond acceptors (Lipinski definition) is 3. The van der Waals surface area contributed by atoms with Gasteiger partial charge in [0.15, 0.2) is 5.65 Å².